The molecule has 1 aromatic heterocycles. The second-order valence-electron chi connectivity index (χ2n) is 7.82. The summed E-state index contributed by atoms with van der Waals surface area (Å²) < 4.78 is 0. The molecular weight excluding hydrogens is 402 g/mol. The van der Waals surface area contributed by atoms with E-state index in [9.17, 15) is 9.90 Å². The molecule has 5 rings (SSSR count). The fourth-order valence-corrected chi connectivity index (χ4v) is 3.96. The highest BCUT2D eigenvalue weighted by atomic mass is 16.3. The maximum Gasteiger partial charge on any atom is 0.241 e. The van der Waals surface area contributed by atoms with Gasteiger partial charge in [-0.05, 0) is 42.8 Å². The van der Waals surface area contributed by atoms with E-state index in [1.165, 1.54) is 0 Å². The molecule has 0 radical (unpaired) electrons. The summed E-state index contributed by atoms with van der Waals surface area (Å²) in [6, 6.07) is 24.0. The van der Waals surface area contributed by atoms with Crippen LogP contribution >= 0.6 is 0 Å². The number of nitrogens with zero attached hydrogens (tertiary/aromatic N) is 2. The second-order valence-corrected chi connectivity index (χ2v) is 7.82. The van der Waals surface area contributed by atoms with Crippen LogP contribution in [0.2, 0.25) is 0 Å². The van der Waals surface area contributed by atoms with Gasteiger partial charge in [-0.1, -0.05) is 42.5 Å². The summed E-state index contributed by atoms with van der Waals surface area (Å²) in [5.41, 5.74) is 2.14. The van der Waals surface area contributed by atoms with Crippen LogP contribution in [-0.2, 0) is 4.79 Å². The van der Waals surface area contributed by atoms with E-state index in [0.717, 1.165) is 16.6 Å². The zero-order valence-electron chi connectivity index (χ0n) is 17.3. The average Bonchev–Trinajstić information content (AvgIpc) is 3.29. The van der Waals surface area contributed by atoms with Gasteiger partial charge in [0.2, 0.25) is 5.91 Å². The summed E-state index contributed by atoms with van der Waals surface area (Å²) >= 11 is 0. The zero-order valence-corrected chi connectivity index (χ0v) is 17.3. The molecule has 1 saturated heterocycles. The third kappa shape index (κ3) is 4.10. The number of rotatable bonds is 5. The SMILES string of the molecule is O=C(Nc1ccccc1)[C@H]1C[C@H](Nc2nc(-c3ccccc3O)nc3ccccc23)CN1. The number of phenols is 1. The van der Waals surface area contributed by atoms with Crippen molar-refractivity contribution in [2.45, 2.75) is 18.5 Å². The first-order valence-electron chi connectivity index (χ1n) is 10.6. The van der Waals surface area contributed by atoms with E-state index in [2.05, 4.69) is 20.9 Å². The molecular formula is C25H23N5O2. The number of hydrogen-bond donors (Lipinski definition) is 4. The molecule has 32 heavy (non-hydrogen) atoms. The topological polar surface area (TPSA) is 99.2 Å². The molecule has 1 aliphatic heterocycles. The van der Waals surface area contributed by atoms with Crippen LogP contribution < -0.4 is 16.0 Å². The Morgan fingerprint density at radius 3 is 2.53 bits per heavy atom. The van der Waals surface area contributed by atoms with Crippen molar-refractivity contribution < 1.29 is 9.90 Å². The number of para-hydroxylation sites is 3. The number of carbonyl (C=O) groups excluding carboxylic acids is 1. The van der Waals surface area contributed by atoms with E-state index in [0.29, 0.717) is 30.2 Å². The lowest BCUT2D eigenvalue weighted by molar-refractivity contribution is -0.117. The van der Waals surface area contributed by atoms with Crippen LogP contribution in [0.5, 0.6) is 5.75 Å². The molecule has 0 spiro atoms. The minimum atomic E-state index is -0.293. The number of nitrogens with one attached hydrogen (secondary N) is 3. The summed E-state index contributed by atoms with van der Waals surface area (Å²) in [6.07, 6.45) is 0.628. The second kappa shape index (κ2) is 8.64. The van der Waals surface area contributed by atoms with Crippen molar-refractivity contribution in [2.24, 2.45) is 0 Å². The molecule has 4 aromatic rings. The molecule has 1 fully saturated rings. The Morgan fingerprint density at radius 2 is 1.69 bits per heavy atom. The normalized spacial score (nSPS) is 17.9. The van der Waals surface area contributed by atoms with Crippen LogP contribution in [0.15, 0.2) is 78.9 Å². The molecule has 2 atom stereocenters. The van der Waals surface area contributed by atoms with Crippen LogP contribution in [0.1, 0.15) is 6.42 Å². The number of carbonyl (C=O) groups is 1. The smallest absolute Gasteiger partial charge is 0.241 e. The van der Waals surface area contributed by atoms with Crippen molar-refractivity contribution in [3.8, 4) is 17.1 Å². The van der Waals surface area contributed by atoms with Crippen molar-refractivity contribution in [1.82, 2.24) is 15.3 Å². The summed E-state index contributed by atoms with van der Waals surface area (Å²) in [5.74, 6) is 1.22. The van der Waals surface area contributed by atoms with Crippen LogP contribution in [-0.4, -0.2) is 39.6 Å². The maximum atomic E-state index is 12.6. The largest absolute Gasteiger partial charge is 0.507 e. The first-order valence-corrected chi connectivity index (χ1v) is 10.6. The number of fused-ring (bicyclic) bond motifs is 1. The van der Waals surface area contributed by atoms with Gasteiger partial charge in [0, 0.05) is 23.7 Å². The molecule has 0 saturated carbocycles. The van der Waals surface area contributed by atoms with E-state index in [1.54, 1.807) is 18.2 Å². The van der Waals surface area contributed by atoms with E-state index in [4.69, 9.17) is 4.98 Å². The van der Waals surface area contributed by atoms with Crippen LogP contribution in [0.3, 0.4) is 0 Å². The lowest BCUT2D eigenvalue weighted by atomic mass is 10.1. The molecule has 4 N–H and O–H groups in total. The number of aromatic nitrogens is 2. The third-order valence-corrected chi connectivity index (χ3v) is 5.58. The molecule has 0 aliphatic carbocycles. The van der Waals surface area contributed by atoms with Gasteiger partial charge >= 0.3 is 0 Å². The predicted molar refractivity (Wildman–Crippen MR) is 126 cm³/mol. The van der Waals surface area contributed by atoms with Gasteiger partial charge in [-0.25, -0.2) is 9.97 Å². The standard InChI is InChI=1S/C25H23N5O2/c31-22-13-7-5-11-19(22)24-29-20-12-6-4-10-18(20)23(30-24)27-17-14-21(26-15-17)25(32)28-16-8-2-1-3-9-16/h1-13,17,21,26,31H,14-15H2,(H,28,32)(H,27,29,30)/t17-,21+/m0/s1. The summed E-state index contributed by atoms with van der Waals surface area (Å²) in [7, 11) is 0. The quantitative estimate of drug-likeness (QED) is 0.388. The minimum absolute atomic E-state index is 0.0250. The van der Waals surface area contributed by atoms with Crippen LogP contribution in [0.25, 0.3) is 22.3 Å². The Morgan fingerprint density at radius 1 is 0.938 bits per heavy atom. The number of hydrogen-bond acceptors (Lipinski definition) is 6. The van der Waals surface area contributed by atoms with E-state index >= 15 is 0 Å². The van der Waals surface area contributed by atoms with Gasteiger partial charge in [0.1, 0.15) is 11.6 Å². The van der Waals surface area contributed by atoms with Gasteiger partial charge < -0.3 is 21.1 Å². The molecule has 0 unspecified atom stereocenters. The molecule has 1 amide bonds. The van der Waals surface area contributed by atoms with Crippen molar-refractivity contribution in [1.29, 1.82) is 0 Å². The van der Waals surface area contributed by atoms with Crippen molar-refractivity contribution in [2.75, 3.05) is 17.2 Å². The number of aromatic hydroxyl groups is 1. The molecule has 3 aromatic carbocycles. The highest BCUT2D eigenvalue weighted by Gasteiger charge is 2.30. The Kier molecular flexibility index (Phi) is 5.39. The average molecular weight is 425 g/mol. The summed E-state index contributed by atoms with van der Waals surface area (Å²) in [4.78, 5) is 22.0. The molecule has 160 valence electrons. The van der Waals surface area contributed by atoms with Gasteiger partial charge in [-0.15, -0.1) is 0 Å². The lowest BCUT2D eigenvalue weighted by Crippen LogP contribution is -2.35. The number of phenolic OH excluding ortho intramolecular Hbond substituents is 1. The Bertz CT molecular complexity index is 1260. The minimum Gasteiger partial charge on any atom is -0.507 e. The maximum absolute atomic E-state index is 12.6. The zero-order chi connectivity index (χ0) is 21.9. The molecule has 7 heteroatoms. The van der Waals surface area contributed by atoms with E-state index in [-0.39, 0.29) is 23.7 Å². The van der Waals surface area contributed by atoms with Gasteiger partial charge in [0.05, 0.1) is 17.1 Å². The Balaban J connectivity index is 1.37. The van der Waals surface area contributed by atoms with Crippen molar-refractivity contribution in [3.63, 3.8) is 0 Å². The Hall–Kier alpha value is -3.97. The fourth-order valence-electron chi connectivity index (χ4n) is 3.96. The lowest BCUT2D eigenvalue weighted by Gasteiger charge is -2.16. The first-order chi connectivity index (χ1) is 15.7. The van der Waals surface area contributed by atoms with Crippen LogP contribution in [0, 0.1) is 0 Å². The van der Waals surface area contributed by atoms with Crippen molar-refractivity contribution >= 4 is 28.3 Å². The van der Waals surface area contributed by atoms with Gasteiger partial charge in [-0.2, -0.15) is 0 Å². The number of anilines is 2. The number of benzene rings is 3. The molecule has 2 heterocycles. The number of amides is 1. The fraction of sp³-hybridized carbons (Fsp3) is 0.160. The van der Waals surface area contributed by atoms with Gasteiger partial charge in [0.15, 0.2) is 5.82 Å². The highest BCUT2D eigenvalue weighted by Crippen LogP contribution is 2.30. The molecule has 0 bridgehead atoms. The van der Waals surface area contributed by atoms with E-state index in [1.807, 2.05) is 60.7 Å². The third-order valence-electron chi connectivity index (χ3n) is 5.58. The molecule has 7 nitrogen and oxygen atoms in total. The summed E-state index contributed by atoms with van der Waals surface area (Å²) in [6.45, 7) is 0.636. The first kappa shape index (κ1) is 20.0. The monoisotopic (exact) mass is 425 g/mol. The van der Waals surface area contributed by atoms with E-state index < -0.39 is 0 Å². The predicted octanol–water partition coefficient (Wildman–Crippen LogP) is 3.78. The Labute approximate surface area is 185 Å². The highest BCUT2D eigenvalue weighted by molar-refractivity contribution is 5.95. The van der Waals surface area contributed by atoms with Crippen LogP contribution in [0.4, 0.5) is 11.5 Å². The molecule has 1 aliphatic rings. The van der Waals surface area contributed by atoms with Gasteiger partial charge in [-0.3, -0.25) is 4.79 Å². The van der Waals surface area contributed by atoms with Crippen molar-refractivity contribution in [3.05, 3.63) is 78.9 Å². The van der Waals surface area contributed by atoms with Gasteiger partial charge in [0.25, 0.3) is 0 Å². The summed E-state index contributed by atoms with van der Waals surface area (Å²) in [5, 5.41) is 20.9.